The number of nitrogens with two attached hydrogens (primary N) is 1. The Hall–Kier alpha value is -0.992. The molecule has 0 fully saturated rings. The average Bonchev–Trinajstić information content (AvgIpc) is 2.30. The van der Waals surface area contributed by atoms with Crippen molar-refractivity contribution >= 4 is 25.4 Å². The van der Waals surface area contributed by atoms with Gasteiger partial charge < -0.3 is 0 Å². The molecule has 14 heavy (non-hydrogen) atoms. The molecule has 0 unspecified atom stereocenters. The predicted octanol–water partition coefficient (Wildman–Crippen LogP) is -0.258. The molecule has 0 aliphatic rings. The van der Waals surface area contributed by atoms with Gasteiger partial charge in [0.15, 0.2) is 0 Å². The Bertz CT molecular complexity index is 418. The minimum absolute atomic E-state index is 0.763. The molecule has 0 aliphatic carbocycles. The molecule has 2 N–H and O–H groups in total. The summed E-state index contributed by atoms with van der Waals surface area (Å²) in [6.45, 7) is 0. The first-order chi connectivity index (χ1) is 6.92. The molecule has 0 bridgehead atoms. The number of hydrogen-bond acceptors (Lipinski definition) is 4. The standard InChI is InChI=1S/C9H6N3.H2N.Sb/c1-2-4-8(5-3-1)9-6-7-10-12-11-9;;/h1-4,6-7H;1H2;/q;-1;+1. The van der Waals surface area contributed by atoms with Gasteiger partial charge in [0.25, 0.3) is 0 Å². The Morgan fingerprint density at radius 3 is 2.71 bits per heavy atom. The summed E-state index contributed by atoms with van der Waals surface area (Å²) in [6.07, 6.45) is 1.64. The van der Waals surface area contributed by atoms with Gasteiger partial charge in [0.05, 0.1) is 0 Å². The SMILES string of the molecule is [NH2][Sb][c]1ccccc1-c1ccnnn1. The molecule has 0 atom stereocenters. The first kappa shape index (κ1) is 9.56. The van der Waals surface area contributed by atoms with Crippen molar-refractivity contribution in [3.8, 4) is 11.3 Å². The fourth-order valence-electron chi connectivity index (χ4n) is 1.19. The summed E-state index contributed by atoms with van der Waals surface area (Å²) >= 11 is -0.763. The van der Waals surface area contributed by atoms with Crippen molar-refractivity contribution in [1.82, 2.24) is 15.4 Å². The molecule has 2 rings (SSSR count). The summed E-state index contributed by atoms with van der Waals surface area (Å²) in [5, 5.41) is 11.2. The van der Waals surface area contributed by atoms with Gasteiger partial charge in [-0.15, -0.1) is 0 Å². The molecule has 1 aromatic heterocycles. The van der Waals surface area contributed by atoms with Gasteiger partial charge in [0.1, 0.15) is 0 Å². The zero-order chi connectivity index (χ0) is 9.80. The Labute approximate surface area is 92.4 Å². The van der Waals surface area contributed by atoms with Crippen LogP contribution >= 0.6 is 0 Å². The number of nitrogens with zero attached hydrogens (tertiary/aromatic N) is 3. The molecule has 1 aromatic carbocycles. The number of rotatable bonds is 2. The van der Waals surface area contributed by atoms with Gasteiger partial charge in [-0.1, -0.05) is 0 Å². The van der Waals surface area contributed by atoms with E-state index >= 15 is 0 Å². The molecule has 69 valence electrons. The van der Waals surface area contributed by atoms with E-state index < -0.39 is 21.9 Å². The van der Waals surface area contributed by atoms with Crippen molar-refractivity contribution in [2.75, 3.05) is 0 Å². The summed E-state index contributed by atoms with van der Waals surface area (Å²) in [4.78, 5) is 0. The molecular formula is C9H8N4Sb. The molecule has 0 saturated heterocycles. The fraction of sp³-hybridized carbons (Fsp3) is 0. The van der Waals surface area contributed by atoms with Gasteiger partial charge in [-0.2, -0.15) is 0 Å². The van der Waals surface area contributed by atoms with Crippen LogP contribution in [-0.4, -0.2) is 37.3 Å². The van der Waals surface area contributed by atoms with Crippen LogP contribution in [0.4, 0.5) is 0 Å². The molecule has 5 heteroatoms. The van der Waals surface area contributed by atoms with Gasteiger partial charge in [0.2, 0.25) is 0 Å². The van der Waals surface area contributed by atoms with Gasteiger partial charge in [-0.05, 0) is 0 Å². The van der Waals surface area contributed by atoms with E-state index in [1.165, 1.54) is 3.51 Å². The van der Waals surface area contributed by atoms with Crippen LogP contribution in [0.2, 0.25) is 0 Å². The van der Waals surface area contributed by atoms with Crippen LogP contribution < -0.4 is 7.40 Å². The second-order valence-electron chi connectivity index (χ2n) is 2.65. The summed E-state index contributed by atoms with van der Waals surface area (Å²) in [7, 11) is 0. The van der Waals surface area contributed by atoms with Gasteiger partial charge >= 0.3 is 92.5 Å². The first-order valence-electron chi connectivity index (χ1n) is 4.06. The molecule has 1 radical (unpaired) electrons. The van der Waals surface area contributed by atoms with E-state index in [1.807, 2.05) is 24.3 Å². The van der Waals surface area contributed by atoms with Crippen molar-refractivity contribution in [3.63, 3.8) is 0 Å². The Morgan fingerprint density at radius 2 is 2.00 bits per heavy atom. The first-order valence-corrected chi connectivity index (χ1v) is 6.81. The van der Waals surface area contributed by atoms with Crippen molar-refractivity contribution < 1.29 is 0 Å². The molecule has 0 amide bonds. The Morgan fingerprint density at radius 1 is 1.14 bits per heavy atom. The molecule has 0 spiro atoms. The molecule has 2 aromatic rings. The van der Waals surface area contributed by atoms with Crippen molar-refractivity contribution in [3.05, 3.63) is 36.5 Å². The van der Waals surface area contributed by atoms with Gasteiger partial charge in [0, 0.05) is 0 Å². The van der Waals surface area contributed by atoms with Crippen LogP contribution in [0.25, 0.3) is 11.3 Å². The third-order valence-corrected chi connectivity index (χ3v) is 3.73. The molecule has 4 nitrogen and oxygen atoms in total. The third kappa shape index (κ3) is 1.91. The van der Waals surface area contributed by atoms with Crippen LogP contribution in [0, 0.1) is 0 Å². The second-order valence-corrected chi connectivity index (χ2v) is 4.76. The topological polar surface area (TPSA) is 64.7 Å². The zero-order valence-corrected chi connectivity index (χ0v) is 9.88. The quantitative estimate of drug-likeness (QED) is 0.775. The summed E-state index contributed by atoms with van der Waals surface area (Å²) < 4.78 is 6.99. The van der Waals surface area contributed by atoms with E-state index in [0.29, 0.717) is 0 Å². The Balaban J connectivity index is 2.51. The van der Waals surface area contributed by atoms with Crippen LogP contribution in [0.5, 0.6) is 0 Å². The van der Waals surface area contributed by atoms with E-state index in [1.54, 1.807) is 6.20 Å². The summed E-state index contributed by atoms with van der Waals surface area (Å²) in [6, 6.07) is 9.89. The van der Waals surface area contributed by atoms with Gasteiger partial charge in [-0.25, -0.2) is 0 Å². The molecule has 0 saturated carbocycles. The van der Waals surface area contributed by atoms with E-state index in [4.69, 9.17) is 3.89 Å². The summed E-state index contributed by atoms with van der Waals surface area (Å²) in [5.74, 6) is 0. The maximum atomic E-state index is 5.77. The van der Waals surface area contributed by atoms with Gasteiger partial charge in [-0.3, -0.25) is 0 Å². The van der Waals surface area contributed by atoms with Crippen LogP contribution in [-0.2, 0) is 0 Å². The third-order valence-electron chi connectivity index (χ3n) is 1.82. The normalized spacial score (nSPS) is 10.1. The fourth-order valence-corrected chi connectivity index (χ4v) is 2.62. The molecule has 0 aliphatic heterocycles. The van der Waals surface area contributed by atoms with Crippen molar-refractivity contribution in [2.24, 2.45) is 3.89 Å². The van der Waals surface area contributed by atoms with Crippen molar-refractivity contribution in [1.29, 1.82) is 0 Å². The minimum atomic E-state index is -0.763. The van der Waals surface area contributed by atoms with Crippen LogP contribution in [0.15, 0.2) is 36.5 Å². The monoisotopic (exact) mass is 293 g/mol. The van der Waals surface area contributed by atoms with E-state index in [9.17, 15) is 0 Å². The average molecular weight is 294 g/mol. The van der Waals surface area contributed by atoms with E-state index in [2.05, 4.69) is 21.5 Å². The van der Waals surface area contributed by atoms with Crippen molar-refractivity contribution in [2.45, 2.75) is 0 Å². The van der Waals surface area contributed by atoms with E-state index in [-0.39, 0.29) is 0 Å². The van der Waals surface area contributed by atoms with Crippen LogP contribution in [0.3, 0.4) is 0 Å². The maximum absolute atomic E-state index is 5.77. The second kappa shape index (κ2) is 4.49. The zero-order valence-electron chi connectivity index (χ0n) is 7.33. The molecule has 1 heterocycles. The predicted molar refractivity (Wildman–Crippen MR) is 54.8 cm³/mol. The van der Waals surface area contributed by atoms with E-state index in [0.717, 1.165) is 11.3 Å². The molecular weight excluding hydrogens is 286 g/mol. The number of hydrogen-bond donors (Lipinski definition) is 1. The summed E-state index contributed by atoms with van der Waals surface area (Å²) in [5.41, 5.74) is 1.93. The number of aromatic nitrogens is 3. The van der Waals surface area contributed by atoms with Crippen LogP contribution in [0.1, 0.15) is 0 Å². The Kier molecular flexibility index (Phi) is 3.06. The number of benzene rings is 1.